The van der Waals surface area contributed by atoms with Gasteiger partial charge in [-0.05, 0) is 30.2 Å². The second kappa shape index (κ2) is 7.83. The van der Waals surface area contributed by atoms with E-state index in [0.29, 0.717) is 12.1 Å². The first-order valence-electron chi connectivity index (χ1n) is 9.26. The molecule has 0 aromatic heterocycles. The van der Waals surface area contributed by atoms with E-state index in [0.717, 1.165) is 23.3 Å². The first kappa shape index (κ1) is 18.8. The molecule has 0 spiro atoms. The summed E-state index contributed by atoms with van der Waals surface area (Å²) in [6.07, 6.45) is 0.303. The van der Waals surface area contributed by atoms with Gasteiger partial charge in [-0.15, -0.1) is 0 Å². The molecule has 0 radical (unpaired) electrons. The Morgan fingerprint density at radius 1 is 0.931 bits per heavy atom. The van der Waals surface area contributed by atoms with Crippen molar-refractivity contribution >= 4 is 23.2 Å². The molecule has 0 aliphatic carbocycles. The van der Waals surface area contributed by atoms with Crippen molar-refractivity contribution < 1.29 is 18.4 Å². The van der Waals surface area contributed by atoms with Crippen molar-refractivity contribution in [3.05, 3.63) is 84.4 Å². The molecule has 1 saturated heterocycles. The van der Waals surface area contributed by atoms with E-state index in [1.165, 1.54) is 11.0 Å². The summed E-state index contributed by atoms with van der Waals surface area (Å²) >= 11 is 0. The molecular formula is C23H18F2N2O2. The lowest BCUT2D eigenvalue weighted by molar-refractivity contribution is -0.129. The highest BCUT2D eigenvalue weighted by atomic mass is 19.2. The number of amides is 2. The molecular weight excluding hydrogens is 374 g/mol. The molecule has 146 valence electrons. The van der Waals surface area contributed by atoms with Gasteiger partial charge in [-0.1, -0.05) is 48.5 Å². The molecule has 0 saturated carbocycles. The second-order valence-electron chi connectivity index (χ2n) is 6.83. The van der Waals surface area contributed by atoms with Crippen molar-refractivity contribution in [3.63, 3.8) is 0 Å². The molecule has 1 aliphatic heterocycles. The van der Waals surface area contributed by atoms with Gasteiger partial charge >= 0.3 is 0 Å². The van der Waals surface area contributed by atoms with Crippen LogP contribution in [-0.4, -0.2) is 18.4 Å². The number of anilines is 2. The van der Waals surface area contributed by atoms with Crippen LogP contribution < -0.4 is 10.2 Å². The summed E-state index contributed by atoms with van der Waals surface area (Å²) in [7, 11) is 0. The Labute approximate surface area is 166 Å². The first-order chi connectivity index (χ1) is 14.0. The minimum atomic E-state index is -1.03. The molecule has 1 N–H and O–H groups in total. The highest BCUT2D eigenvalue weighted by Crippen LogP contribution is 2.30. The summed E-state index contributed by atoms with van der Waals surface area (Å²) in [5.74, 6) is -3.73. The zero-order valence-electron chi connectivity index (χ0n) is 15.4. The molecule has 2 amide bonds. The molecule has 1 unspecified atom stereocenters. The maximum Gasteiger partial charge on any atom is 0.239 e. The van der Waals surface area contributed by atoms with Crippen LogP contribution in [0.4, 0.5) is 20.2 Å². The molecule has 29 heavy (non-hydrogen) atoms. The van der Waals surface area contributed by atoms with Crippen LogP contribution in [0.1, 0.15) is 6.42 Å². The number of carbonyl (C=O) groups excluding carboxylic acids is 2. The normalized spacial score (nSPS) is 16.1. The van der Waals surface area contributed by atoms with Gasteiger partial charge in [0, 0.05) is 29.5 Å². The zero-order chi connectivity index (χ0) is 20.4. The van der Waals surface area contributed by atoms with Crippen molar-refractivity contribution in [1.82, 2.24) is 0 Å². The van der Waals surface area contributed by atoms with Crippen LogP contribution in [0.2, 0.25) is 0 Å². The number of nitrogens with zero attached hydrogens (tertiary/aromatic N) is 1. The van der Waals surface area contributed by atoms with Gasteiger partial charge in [0.15, 0.2) is 11.6 Å². The lowest BCUT2D eigenvalue weighted by Crippen LogP contribution is -2.33. The third kappa shape index (κ3) is 3.74. The minimum absolute atomic E-state index is 0.244. The summed E-state index contributed by atoms with van der Waals surface area (Å²) in [6.45, 7) is 0.266. The highest BCUT2D eigenvalue weighted by Gasteiger charge is 2.38. The Balaban J connectivity index is 1.53. The molecule has 1 heterocycles. The number of halogens is 2. The number of rotatable bonds is 4. The highest BCUT2D eigenvalue weighted by molar-refractivity contribution is 6.14. The fourth-order valence-corrected chi connectivity index (χ4v) is 3.51. The Morgan fingerprint density at radius 2 is 1.66 bits per heavy atom. The summed E-state index contributed by atoms with van der Waals surface area (Å²) in [4.78, 5) is 26.9. The zero-order valence-corrected chi connectivity index (χ0v) is 15.4. The molecule has 0 bridgehead atoms. The molecule has 4 nitrogen and oxygen atoms in total. The smallest absolute Gasteiger partial charge is 0.239 e. The van der Waals surface area contributed by atoms with E-state index >= 15 is 0 Å². The number of carbonyl (C=O) groups is 2. The fraction of sp³-hybridized carbons (Fsp3) is 0.130. The van der Waals surface area contributed by atoms with Crippen LogP contribution >= 0.6 is 0 Å². The van der Waals surface area contributed by atoms with Crippen LogP contribution in [0.3, 0.4) is 0 Å². The molecule has 1 fully saturated rings. The second-order valence-corrected chi connectivity index (χ2v) is 6.83. The average Bonchev–Trinajstić information content (AvgIpc) is 3.12. The standard InChI is InChI=1S/C23H18F2N2O2/c24-19-11-10-16(14-20(19)25)27-13-12-18(23(27)29)22(28)26-21-9-5-4-8-17(21)15-6-2-1-3-7-15/h1-11,14,18H,12-13H2,(H,26,28). The van der Waals surface area contributed by atoms with Gasteiger partial charge in [0.1, 0.15) is 5.92 Å². The third-order valence-electron chi connectivity index (χ3n) is 5.01. The molecule has 4 rings (SSSR count). The fourth-order valence-electron chi connectivity index (χ4n) is 3.51. The summed E-state index contributed by atoms with van der Waals surface area (Å²) in [6, 6.07) is 20.3. The Morgan fingerprint density at radius 3 is 2.41 bits per heavy atom. The Kier molecular flexibility index (Phi) is 5.08. The van der Waals surface area contributed by atoms with Crippen molar-refractivity contribution in [2.75, 3.05) is 16.8 Å². The number of para-hydroxylation sites is 1. The molecule has 6 heteroatoms. The lowest BCUT2D eigenvalue weighted by atomic mass is 10.0. The summed E-state index contributed by atoms with van der Waals surface area (Å²) in [5.41, 5.74) is 2.66. The van der Waals surface area contributed by atoms with Crippen LogP contribution in [0, 0.1) is 17.6 Å². The van der Waals surface area contributed by atoms with Gasteiger partial charge in [-0.3, -0.25) is 9.59 Å². The largest absolute Gasteiger partial charge is 0.325 e. The van der Waals surface area contributed by atoms with Crippen molar-refractivity contribution in [2.45, 2.75) is 6.42 Å². The minimum Gasteiger partial charge on any atom is -0.325 e. The number of hydrogen-bond donors (Lipinski definition) is 1. The lowest BCUT2D eigenvalue weighted by Gasteiger charge is -2.17. The van der Waals surface area contributed by atoms with Gasteiger partial charge in [-0.2, -0.15) is 0 Å². The average molecular weight is 392 g/mol. The maximum absolute atomic E-state index is 13.5. The maximum atomic E-state index is 13.5. The SMILES string of the molecule is O=C(Nc1ccccc1-c1ccccc1)C1CCN(c2ccc(F)c(F)c2)C1=O. The monoisotopic (exact) mass is 392 g/mol. The molecule has 1 atom stereocenters. The van der Waals surface area contributed by atoms with Crippen molar-refractivity contribution in [3.8, 4) is 11.1 Å². The van der Waals surface area contributed by atoms with Gasteiger partial charge in [0.25, 0.3) is 0 Å². The van der Waals surface area contributed by atoms with Crippen LogP contribution in [0.15, 0.2) is 72.8 Å². The van der Waals surface area contributed by atoms with E-state index in [1.54, 1.807) is 6.07 Å². The Hall–Kier alpha value is -3.54. The van der Waals surface area contributed by atoms with E-state index in [4.69, 9.17) is 0 Å². The van der Waals surface area contributed by atoms with Crippen LogP contribution in [0.5, 0.6) is 0 Å². The topological polar surface area (TPSA) is 49.4 Å². The molecule has 1 aliphatic rings. The molecule has 3 aromatic carbocycles. The van der Waals surface area contributed by atoms with Gasteiger partial charge in [0.05, 0.1) is 0 Å². The number of benzene rings is 3. The van der Waals surface area contributed by atoms with Crippen LogP contribution in [-0.2, 0) is 9.59 Å². The predicted molar refractivity (Wildman–Crippen MR) is 107 cm³/mol. The quantitative estimate of drug-likeness (QED) is 0.659. The number of hydrogen-bond acceptors (Lipinski definition) is 2. The predicted octanol–water partition coefficient (Wildman–Crippen LogP) is 4.62. The first-order valence-corrected chi connectivity index (χ1v) is 9.26. The van der Waals surface area contributed by atoms with E-state index in [1.807, 2.05) is 48.5 Å². The number of nitrogens with one attached hydrogen (secondary N) is 1. The van der Waals surface area contributed by atoms with E-state index < -0.39 is 29.4 Å². The van der Waals surface area contributed by atoms with E-state index in [2.05, 4.69) is 5.32 Å². The molecule has 3 aromatic rings. The van der Waals surface area contributed by atoms with E-state index in [9.17, 15) is 18.4 Å². The summed E-state index contributed by atoms with van der Waals surface area (Å²) in [5, 5.41) is 2.85. The van der Waals surface area contributed by atoms with Crippen LogP contribution in [0.25, 0.3) is 11.1 Å². The van der Waals surface area contributed by atoms with Gasteiger partial charge in [0.2, 0.25) is 11.8 Å². The van der Waals surface area contributed by atoms with Crippen molar-refractivity contribution in [2.24, 2.45) is 5.92 Å². The van der Waals surface area contributed by atoms with Gasteiger partial charge < -0.3 is 10.2 Å². The Bertz CT molecular complexity index is 1070. The third-order valence-corrected chi connectivity index (χ3v) is 5.01. The summed E-state index contributed by atoms with van der Waals surface area (Å²) < 4.78 is 26.7. The van der Waals surface area contributed by atoms with E-state index in [-0.39, 0.29) is 12.2 Å². The van der Waals surface area contributed by atoms with Crippen molar-refractivity contribution in [1.29, 1.82) is 0 Å². The van der Waals surface area contributed by atoms with Gasteiger partial charge in [-0.25, -0.2) is 8.78 Å².